The fraction of sp³-hybridized carbons (Fsp3) is 0.412. The molecule has 1 fully saturated rings. The van der Waals surface area contributed by atoms with Crippen molar-refractivity contribution in [1.29, 1.82) is 0 Å². The summed E-state index contributed by atoms with van der Waals surface area (Å²) in [5.41, 5.74) is 3.27. The molecule has 1 aromatic rings. The Kier molecular flexibility index (Phi) is 2.89. The van der Waals surface area contributed by atoms with Gasteiger partial charge >= 0.3 is 0 Å². The zero-order valence-electron chi connectivity index (χ0n) is 11.8. The highest BCUT2D eigenvalue weighted by atomic mass is 16.5. The van der Waals surface area contributed by atoms with Crippen LogP contribution in [0.4, 0.5) is 5.69 Å². The van der Waals surface area contributed by atoms with Gasteiger partial charge in [-0.2, -0.15) is 0 Å². The Labute approximate surface area is 115 Å². The minimum Gasteiger partial charge on any atom is -0.482 e. The number of ether oxygens (including phenoxy) is 1. The predicted molar refractivity (Wildman–Crippen MR) is 80.8 cm³/mol. The summed E-state index contributed by atoms with van der Waals surface area (Å²) in [6, 6.07) is 6.53. The van der Waals surface area contributed by atoms with Crippen molar-refractivity contribution in [2.75, 3.05) is 18.0 Å². The van der Waals surface area contributed by atoms with Crippen LogP contribution in [0, 0.1) is 0 Å². The number of hydrogen-bond acceptors (Lipinski definition) is 2. The molecule has 2 nitrogen and oxygen atoms in total. The summed E-state index contributed by atoms with van der Waals surface area (Å²) in [6.07, 6.45) is 6.66. The van der Waals surface area contributed by atoms with E-state index in [1.165, 1.54) is 18.5 Å². The lowest BCUT2D eigenvalue weighted by Crippen LogP contribution is -2.32. The third-order valence-corrected chi connectivity index (χ3v) is 4.06. The Morgan fingerprint density at radius 1 is 1.26 bits per heavy atom. The lowest BCUT2D eigenvalue weighted by Gasteiger charge is -2.33. The predicted octanol–water partition coefficient (Wildman–Crippen LogP) is 4.03. The van der Waals surface area contributed by atoms with Crippen LogP contribution >= 0.6 is 0 Å². The molecule has 0 N–H and O–H groups in total. The molecule has 100 valence electrons. The summed E-state index contributed by atoms with van der Waals surface area (Å²) < 4.78 is 6.16. The second-order valence-corrected chi connectivity index (χ2v) is 5.83. The van der Waals surface area contributed by atoms with Gasteiger partial charge < -0.3 is 9.64 Å². The molecule has 2 heteroatoms. The number of hydrogen-bond donors (Lipinski definition) is 0. The molecule has 0 saturated carbocycles. The van der Waals surface area contributed by atoms with E-state index in [1.807, 2.05) is 6.08 Å². The van der Waals surface area contributed by atoms with E-state index in [-0.39, 0.29) is 5.60 Å². The lowest BCUT2D eigenvalue weighted by atomic mass is 9.92. The van der Waals surface area contributed by atoms with E-state index in [0.717, 1.165) is 30.0 Å². The Hall–Kier alpha value is -1.70. The molecule has 0 aromatic heterocycles. The van der Waals surface area contributed by atoms with Gasteiger partial charge in [0.15, 0.2) is 0 Å². The first-order valence-corrected chi connectivity index (χ1v) is 7.03. The SMILES string of the molecule is C=CC1=Cc2ccc(N3CCCC3)cc2OC1(C)C. The van der Waals surface area contributed by atoms with Gasteiger partial charge in [0.2, 0.25) is 0 Å². The van der Waals surface area contributed by atoms with Crippen molar-refractivity contribution >= 4 is 11.8 Å². The lowest BCUT2D eigenvalue weighted by molar-refractivity contribution is 0.149. The maximum atomic E-state index is 6.16. The van der Waals surface area contributed by atoms with E-state index in [4.69, 9.17) is 4.74 Å². The first kappa shape index (κ1) is 12.3. The van der Waals surface area contributed by atoms with Crippen LogP contribution in [0.2, 0.25) is 0 Å². The summed E-state index contributed by atoms with van der Waals surface area (Å²) in [5, 5.41) is 0. The molecule has 0 radical (unpaired) electrons. The van der Waals surface area contributed by atoms with Crippen molar-refractivity contribution in [3.63, 3.8) is 0 Å². The number of anilines is 1. The summed E-state index contributed by atoms with van der Waals surface area (Å²) in [7, 11) is 0. The highest BCUT2D eigenvalue weighted by Gasteiger charge is 2.29. The van der Waals surface area contributed by atoms with E-state index >= 15 is 0 Å². The van der Waals surface area contributed by atoms with Crippen LogP contribution in [0.25, 0.3) is 6.08 Å². The van der Waals surface area contributed by atoms with Gasteiger partial charge in [0.1, 0.15) is 11.4 Å². The highest BCUT2D eigenvalue weighted by Crippen LogP contribution is 2.38. The van der Waals surface area contributed by atoms with E-state index in [1.54, 1.807) is 0 Å². The van der Waals surface area contributed by atoms with Crippen LogP contribution in [0.5, 0.6) is 5.75 Å². The molecule has 2 aliphatic rings. The number of benzene rings is 1. The van der Waals surface area contributed by atoms with Gasteiger partial charge in [-0.15, -0.1) is 0 Å². The maximum absolute atomic E-state index is 6.16. The maximum Gasteiger partial charge on any atom is 0.129 e. The second kappa shape index (κ2) is 4.44. The molecule has 19 heavy (non-hydrogen) atoms. The van der Waals surface area contributed by atoms with Crippen LogP contribution in [0.15, 0.2) is 36.4 Å². The summed E-state index contributed by atoms with van der Waals surface area (Å²) in [4.78, 5) is 2.43. The highest BCUT2D eigenvalue weighted by molar-refractivity contribution is 5.70. The average Bonchev–Trinajstić information content (AvgIpc) is 2.90. The molecule has 0 atom stereocenters. The Morgan fingerprint density at radius 2 is 2.00 bits per heavy atom. The molecular formula is C17H21NO. The van der Waals surface area contributed by atoms with Gasteiger partial charge in [-0.25, -0.2) is 0 Å². The molecule has 1 aromatic carbocycles. The average molecular weight is 255 g/mol. The fourth-order valence-corrected chi connectivity index (χ4v) is 2.88. The largest absolute Gasteiger partial charge is 0.482 e. The summed E-state index contributed by atoms with van der Waals surface area (Å²) >= 11 is 0. The standard InChI is InChI=1S/C17H21NO/c1-4-14-11-13-7-8-15(18-9-5-6-10-18)12-16(13)19-17(14,2)3/h4,7-8,11-12H,1,5-6,9-10H2,2-3H3. The molecular weight excluding hydrogens is 234 g/mol. The monoisotopic (exact) mass is 255 g/mol. The summed E-state index contributed by atoms with van der Waals surface area (Å²) in [5.74, 6) is 0.986. The van der Waals surface area contributed by atoms with Crippen molar-refractivity contribution in [2.24, 2.45) is 0 Å². The Bertz CT molecular complexity index is 536. The van der Waals surface area contributed by atoms with Gasteiger partial charge in [-0.05, 0) is 50.5 Å². The van der Waals surface area contributed by atoms with Crippen LogP contribution in [-0.4, -0.2) is 18.7 Å². The molecule has 0 spiro atoms. The Balaban J connectivity index is 1.98. The van der Waals surface area contributed by atoms with Gasteiger partial charge in [-0.1, -0.05) is 12.7 Å². The molecule has 0 aliphatic carbocycles. The third-order valence-electron chi connectivity index (χ3n) is 4.06. The van der Waals surface area contributed by atoms with Gasteiger partial charge in [-0.3, -0.25) is 0 Å². The first-order valence-electron chi connectivity index (χ1n) is 7.03. The normalized spacial score (nSPS) is 20.5. The molecule has 2 heterocycles. The molecule has 0 unspecified atom stereocenters. The zero-order chi connectivity index (χ0) is 13.5. The molecule has 0 amide bonds. The van der Waals surface area contributed by atoms with Crippen LogP contribution in [0.1, 0.15) is 32.3 Å². The topological polar surface area (TPSA) is 12.5 Å². The molecule has 1 saturated heterocycles. The minimum absolute atomic E-state index is 0.293. The fourth-order valence-electron chi connectivity index (χ4n) is 2.88. The van der Waals surface area contributed by atoms with E-state index < -0.39 is 0 Å². The van der Waals surface area contributed by atoms with Crippen molar-refractivity contribution < 1.29 is 4.74 Å². The number of fused-ring (bicyclic) bond motifs is 1. The van der Waals surface area contributed by atoms with Crippen molar-refractivity contribution in [1.82, 2.24) is 0 Å². The van der Waals surface area contributed by atoms with Crippen molar-refractivity contribution in [3.05, 3.63) is 42.0 Å². The minimum atomic E-state index is -0.293. The molecule has 3 rings (SSSR count). The second-order valence-electron chi connectivity index (χ2n) is 5.83. The van der Waals surface area contributed by atoms with Crippen molar-refractivity contribution in [3.8, 4) is 5.75 Å². The van der Waals surface area contributed by atoms with Gasteiger partial charge in [0, 0.05) is 30.4 Å². The van der Waals surface area contributed by atoms with Crippen molar-refractivity contribution in [2.45, 2.75) is 32.3 Å². The quantitative estimate of drug-likeness (QED) is 0.791. The van der Waals surface area contributed by atoms with Gasteiger partial charge in [0.05, 0.1) is 0 Å². The van der Waals surface area contributed by atoms with E-state index in [9.17, 15) is 0 Å². The Morgan fingerprint density at radius 3 is 2.68 bits per heavy atom. The first-order chi connectivity index (χ1) is 9.10. The number of rotatable bonds is 2. The van der Waals surface area contributed by atoms with Crippen LogP contribution < -0.4 is 9.64 Å². The summed E-state index contributed by atoms with van der Waals surface area (Å²) in [6.45, 7) is 10.4. The zero-order valence-corrected chi connectivity index (χ0v) is 11.8. The van der Waals surface area contributed by atoms with Gasteiger partial charge in [0.25, 0.3) is 0 Å². The van der Waals surface area contributed by atoms with Crippen LogP contribution in [-0.2, 0) is 0 Å². The number of nitrogens with zero attached hydrogens (tertiary/aromatic N) is 1. The van der Waals surface area contributed by atoms with E-state index in [0.29, 0.717) is 0 Å². The smallest absolute Gasteiger partial charge is 0.129 e. The molecule has 2 aliphatic heterocycles. The van der Waals surface area contributed by atoms with E-state index in [2.05, 4.69) is 49.6 Å². The molecule has 0 bridgehead atoms. The third kappa shape index (κ3) is 2.16. The van der Waals surface area contributed by atoms with Crippen LogP contribution in [0.3, 0.4) is 0 Å².